The molecule has 2 rings (SSSR count). The smallest absolute Gasteiger partial charge is 0.128 e. The zero-order valence-corrected chi connectivity index (χ0v) is 9.27. The molecule has 5 heteroatoms. The molecule has 2 aromatic heterocycles. The highest BCUT2D eigenvalue weighted by molar-refractivity contribution is 7.08. The van der Waals surface area contributed by atoms with E-state index in [0.29, 0.717) is 11.7 Å². The Kier molecular flexibility index (Phi) is 2.74. The molecule has 74 valence electrons. The van der Waals surface area contributed by atoms with E-state index in [1.165, 1.54) is 0 Å². The summed E-state index contributed by atoms with van der Waals surface area (Å²) in [7, 11) is 1.90. The van der Waals surface area contributed by atoms with E-state index in [0.717, 1.165) is 11.5 Å². The molecule has 0 aliphatic rings. The Hall–Kier alpha value is -1.000. The van der Waals surface area contributed by atoms with Gasteiger partial charge in [-0.05, 0) is 11.4 Å². The van der Waals surface area contributed by atoms with Crippen molar-refractivity contribution in [3.8, 4) is 0 Å². The summed E-state index contributed by atoms with van der Waals surface area (Å²) in [5.41, 5.74) is 1.12. The summed E-state index contributed by atoms with van der Waals surface area (Å²) < 4.78 is 1.86. The molecule has 0 saturated heterocycles. The van der Waals surface area contributed by atoms with Crippen molar-refractivity contribution in [1.82, 2.24) is 9.55 Å². The number of rotatable bonds is 3. The zero-order chi connectivity index (χ0) is 9.97. The minimum atomic E-state index is 0.659. The van der Waals surface area contributed by atoms with E-state index in [2.05, 4.69) is 15.7 Å². The van der Waals surface area contributed by atoms with Crippen LogP contribution in [0.25, 0.3) is 0 Å². The van der Waals surface area contributed by atoms with Gasteiger partial charge in [-0.2, -0.15) is 11.3 Å². The molecule has 0 amide bonds. The lowest BCUT2D eigenvalue weighted by Crippen LogP contribution is -2.05. The second-order valence-electron chi connectivity index (χ2n) is 2.92. The lowest BCUT2D eigenvalue weighted by atomic mass is 10.5. The number of thiophene rings is 1. The van der Waals surface area contributed by atoms with Gasteiger partial charge in [-0.25, -0.2) is 4.98 Å². The topological polar surface area (TPSA) is 29.9 Å². The fraction of sp³-hybridized carbons (Fsp3) is 0.222. The van der Waals surface area contributed by atoms with Gasteiger partial charge in [-0.3, -0.25) is 0 Å². The van der Waals surface area contributed by atoms with Gasteiger partial charge in [0.25, 0.3) is 0 Å². The van der Waals surface area contributed by atoms with Crippen molar-refractivity contribution >= 4 is 28.6 Å². The average molecular weight is 228 g/mol. The minimum absolute atomic E-state index is 0.659. The summed E-state index contributed by atoms with van der Waals surface area (Å²) in [4.78, 5) is 4.19. The number of hydrogen-bond donors (Lipinski definition) is 1. The van der Waals surface area contributed by atoms with Crippen molar-refractivity contribution < 1.29 is 0 Å². The molecule has 0 atom stereocenters. The molecule has 0 aromatic carbocycles. The fourth-order valence-corrected chi connectivity index (χ4v) is 1.89. The van der Waals surface area contributed by atoms with E-state index in [1.807, 2.05) is 23.1 Å². The molecule has 2 aromatic rings. The van der Waals surface area contributed by atoms with Crippen molar-refractivity contribution in [3.63, 3.8) is 0 Å². The maximum absolute atomic E-state index is 5.86. The van der Waals surface area contributed by atoms with Crippen LogP contribution in [0.4, 0.5) is 5.69 Å². The quantitative estimate of drug-likeness (QED) is 0.874. The van der Waals surface area contributed by atoms with E-state index in [9.17, 15) is 0 Å². The van der Waals surface area contributed by atoms with E-state index in [1.54, 1.807) is 17.5 Å². The van der Waals surface area contributed by atoms with Gasteiger partial charge >= 0.3 is 0 Å². The molecule has 0 fully saturated rings. The van der Waals surface area contributed by atoms with Gasteiger partial charge in [0.15, 0.2) is 0 Å². The van der Waals surface area contributed by atoms with Crippen molar-refractivity contribution in [2.24, 2.45) is 7.05 Å². The molecule has 3 nitrogen and oxygen atoms in total. The molecule has 0 radical (unpaired) electrons. The zero-order valence-electron chi connectivity index (χ0n) is 7.70. The summed E-state index contributed by atoms with van der Waals surface area (Å²) >= 11 is 7.53. The Bertz CT molecular complexity index is 408. The lowest BCUT2D eigenvalue weighted by molar-refractivity contribution is 0.814. The molecular formula is C9H10ClN3S. The largest absolute Gasteiger partial charge is 0.377 e. The SMILES string of the molecule is Cn1c(Cl)cnc1CNc1ccsc1. The van der Waals surface area contributed by atoms with Gasteiger partial charge in [0.2, 0.25) is 0 Å². The molecule has 1 N–H and O–H groups in total. The number of nitrogens with one attached hydrogen (secondary N) is 1. The molecule has 0 bridgehead atoms. The lowest BCUT2D eigenvalue weighted by Gasteiger charge is -2.04. The summed E-state index contributed by atoms with van der Waals surface area (Å²) in [6.07, 6.45) is 1.66. The van der Waals surface area contributed by atoms with E-state index in [4.69, 9.17) is 11.6 Å². The molecule has 0 spiro atoms. The van der Waals surface area contributed by atoms with Gasteiger partial charge in [-0.15, -0.1) is 0 Å². The van der Waals surface area contributed by atoms with Gasteiger partial charge < -0.3 is 9.88 Å². The molecule has 0 aliphatic carbocycles. The Morgan fingerprint density at radius 2 is 2.50 bits per heavy atom. The van der Waals surface area contributed by atoms with E-state index < -0.39 is 0 Å². The van der Waals surface area contributed by atoms with Crippen LogP contribution >= 0.6 is 22.9 Å². The van der Waals surface area contributed by atoms with E-state index >= 15 is 0 Å². The fourth-order valence-electron chi connectivity index (χ4n) is 1.13. The first-order valence-corrected chi connectivity index (χ1v) is 5.51. The highest BCUT2D eigenvalue weighted by Gasteiger charge is 2.03. The van der Waals surface area contributed by atoms with Crippen LogP contribution in [0.3, 0.4) is 0 Å². The van der Waals surface area contributed by atoms with Gasteiger partial charge in [0.1, 0.15) is 11.0 Å². The predicted octanol–water partition coefficient (Wildman–Crippen LogP) is 2.75. The van der Waals surface area contributed by atoms with Crippen LogP contribution in [0.1, 0.15) is 5.82 Å². The Morgan fingerprint density at radius 1 is 1.64 bits per heavy atom. The van der Waals surface area contributed by atoms with Crippen LogP contribution in [-0.4, -0.2) is 9.55 Å². The highest BCUT2D eigenvalue weighted by Crippen LogP contribution is 2.14. The number of anilines is 1. The normalized spacial score (nSPS) is 10.4. The van der Waals surface area contributed by atoms with Crippen molar-refractivity contribution in [3.05, 3.63) is 34.0 Å². The van der Waals surface area contributed by atoms with Crippen molar-refractivity contribution in [2.45, 2.75) is 6.54 Å². The Balaban J connectivity index is 2.02. The first-order chi connectivity index (χ1) is 6.77. The molecule has 0 unspecified atom stereocenters. The number of imidazole rings is 1. The number of hydrogen-bond acceptors (Lipinski definition) is 3. The molecule has 0 aliphatic heterocycles. The first kappa shape index (κ1) is 9.55. The summed E-state index contributed by atoms with van der Waals surface area (Å²) in [6, 6.07) is 2.04. The van der Waals surface area contributed by atoms with Crippen LogP contribution in [0.15, 0.2) is 23.0 Å². The maximum Gasteiger partial charge on any atom is 0.128 e. The third-order valence-electron chi connectivity index (χ3n) is 2.00. The highest BCUT2D eigenvalue weighted by atomic mass is 35.5. The molecular weight excluding hydrogens is 218 g/mol. The van der Waals surface area contributed by atoms with Gasteiger partial charge in [0.05, 0.1) is 12.7 Å². The number of nitrogens with zero attached hydrogens (tertiary/aromatic N) is 2. The van der Waals surface area contributed by atoms with Crippen molar-refractivity contribution in [1.29, 1.82) is 0 Å². The van der Waals surface area contributed by atoms with Crippen molar-refractivity contribution in [2.75, 3.05) is 5.32 Å². The van der Waals surface area contributed by atoms with Crippen LogP contribution in [0.2, 0.25) is 5.15 Å². The molecule has 0 saturated carbocycles. The molecule has 2 heterocycles. The minimum Gasteiger partial charge on any atom is -0.377 e. The standard InChI is InChI=1S/C9H10ClN3S/c1-13-8(10)4-12-9(13)5-11-7-2-3-14-6-7/h2-4,6,11H,5H2,1H3. The Labute approximate surface area is 91.4 Å². The summed E-state index contributed by atoms with van der Waals surface area (Å²) in [5, 5.41) is 8.02. The van der Waals surface area contributed by atoms with E-state index in [-0.39, 0.29) is 0 Å². The maximum atomic E-state index is 5.86. The summed E-state index contributed by atoms with van der Waals surface area (Å²) in [6.45, 7) is 0.694. The Morgan fingerprint density at radius 3 is 3.07 bits per heavy atom. The van der Waals surface area contributed by atoms with Crippen LogP contribution < -0.4 is 5.32 Å². The van der Waals surface area contributed by atoms with Gasteiger partial charge in [-0.1, -0.05) is 11.6 Å². The van der Waals surface area contributed by atoms with Crippen LogP contribution in [0, 0.1) is 0 Å². The number of aromatic nitrogens is 2. The van der Waals surface area contributed by atoms with Gasteiger partial charge in [0, 0.05) is 18.1 Å². The second-order valence-corrected chi connectivity index (χ2v) is 4.09. The van der Waals surface area contributed by atoms with Crippen LogP contribution in [-0.2, 0) is 13.6 Å². The average Bonchev–Trinajstić information content (AvgIpc) is 2.77. The monoisotopic (exact) mass is 227 g/mol. The third-order valence-corrected chi connectivity index (χ3v) is 3.03. The summed E-state index contributed by atoms with van der Waals surface area (Å²) in [5.74, 6) is 0.932. The van der Waals surface area contributed by atoms with Crippen LogP contribution in [0.5, 0.6) is 0 Å². The second kappa shape index (κ2) is 4.02. The number of halogens is 1. The molecule has 14 heavy (non-hydrogen) atoms. The third kappa shape index (κ3) is 1.91. The first-order valence-electron chi connectivity index (χ1n) is 4.19. The predicted molar refractivity (Wildman–Crippen MR) is 59.9 cm³/mol.